The van der Waals surface area contributed by atoms with Crippen LogP contribution in [0.1, 0.15) is 290 Å². The molecule has 0 amide bonds. The van der Waals surface area contributed by atoms with Crippen molar-refractivity contribution in [3.63, 3.8) is 0 Å². The Morgan fingerprint density at radius 2 is 0.519 bits per heavy atom. The molecule has 448 valence electrons. The normalized spacial score (nSPS) is 13.0. The summed E-state index contributed by atoms with van der Waals surface area (Å²) in [6.07, 6.45) is 93.5. The Bertz CT molecular complexity index is 1680. The Labute approximate surface area is 487 Å². The molecular weight excluding hydrogens is 973 g/mol. The number of allylic oxidation sites excluding steroid dienone is 22. The van der Waals surface area contributed by atoms with E-state index in [4.69, 9.17) is 14.2 Å². The molecule has 0 aromatic rings. The van der Waals surface area contributed by atoms with Gasteiger partial charge in [0.05, 0.1) is 0 Å². The van der Waals surface area contributed by atoms with Gasteiger partial charge in [-0.05, 0) is 96.3 Å². The molecule has 1 atom stereocenters. The lowest BCUT2D eigenvalue weighted by atomic mass is 10.0. The number of hydrogen-bond acceptors (Lipinski definition) is 6. The van der Waals surface area contributed by atoms with E-state index in [0.29, 0.717) is 19.3 Å². The van der Waals surface area contributed by atoms with Crippen molar-refractivity contribution in [2.45, 2.75) is 297 Å². The molecule has 0 aliphatic heterocycles. The van der Waals surface area contributed by atoms with Crippen LogP contribution < -0.4 is 0 Å². The van der Waals surface area contributed by atoms with Gasteiger partial charge in [-0.25, -0.2) is 0 Å². The Kier molecular flexibility index (Phi) is 62.3. The highest BCUT2D eigenvalue weighted by Crippen LogP contribution is 2.17. The fraction of sp³-hybridized carbons (Fsp3) is 0.658. The van der Waals surface area contributed by atoms with E-state index in [1.807, 2.05) is 12.2 Å². The molecule has 0 saturated carbocycles. The highest BCUT2D eigenvalue weighted by molar-refractivity contribution is 5.71. The van der Waals surface area contributed by atoms with E-state index >= 15 is 0 Å². The maximum Gasteiger partial charge on any atom is 0.306 e. The van der Waals surface area contributed by atoms with E-state index in [2.05, 4.69) is 142 Å². The van der Waals surface area contributed by atoms with Crippen molar-refractivity contribution >= 4 is 17.9 Å². The highest BCUT2D eigenvalue weighted by Gasteiger charge is 2.19. The fourth-order valence-electron chi connectivity index (χ4n) is 8.86. The highest BCUT2D eigenvalue weighted by atomic mass is 16.6. The molecule has 0 bridgehead atoms. The monoisotopic (exact) mass is 1090 g/mol. The third-order valence-electron chi connectivity index (χ3n) is 13.7. The van der Waals surface area contributed by atoms with Crippen LogP contribution in [-0.4, -0.2) is 37.2 Å². The molecule has 0 aliphatic carbocycles. The number of unbranched alkanes of at least 4 members (excludes halogenated alkanes) is 25. The lowest BCUT2D eigenvalue weighted by Crippen LogP contribution is -2.30. The first-order valence-corrected chi connectivity index (χ1v) is 32.7. The summed E-state index contributed by atoms with van der Waals surface area (Å²) in [7, 11) is 0. The van der Waals surface area contributed by atoms with Crippen molar-refractivity contribution in [3.8, 4) is 0 Å². The van der Waals surface area contributed by atoms with E-state index in [1.54, 1.807) is 0 Å². The number of hydrogen-bond donors (Lipinski definition) is 0. The number of carbonyl (C=O) groups is 3. The van der Waals surface area contributed by atoms with Crippen molar-refractivity contribution < 1.29 is 28.6 Å². The predicted octanol–water partition coefficient (Wildman–Crippen LogP) is 22.5. The van der Waals surface area contributed by atoms with Gasteiger partial charge in [-0.1, -0.05) is 309 Å². The Morgan fingerprint density at radius 1 is 0.266 bits per heavy atom. The molecule has 1 unspecified atom stereocenters. The topological polar surface area (TPSA) is 78.9 Å². The minimum Gasteiger partial charge on any atom is -0.462 e. The van der Waals surface area contributed by atoms with Gasteiger partial charge in [-0.15, -0.1) is 0 Å². The van der Waals surface area contributed by atoms with Crippen LogP contribution in [-0.2, 0) is 28.6 Å². The number of rotatable bonds is 58. The molecule has 6 heteroatoms. The average molecular weight is 1090 g/mol. The fourth-order valence-corrected chi connectivity index (χ4v) is 8.86. The molecule has 0 aliphatic rings. The Balaban J connectivity index is 4.48. The molecule has 0 spiro atoms. The van der Waals surface area contributed by atoms with Crippen LogP contribution in [0, 0.1) is 0 Å². The summed E-state index contributed by atoms with van der Waals surface area (Å²) in [5.41, 5.74) is 0. The second-order valence-corrected chi connectivity index (χ2v) is 21.3. The number of carbonyl (C=O) groups excluding carboxylic acids is 3. The van der Waals surface area contributed by atoms with Crippen LogP contribution >= 0.6 is 0 Å². The van der Waals surface area contributed by atoms with Crippen LogP contribution in [0.5, 0.6) is 0 Å². The molecule has 0 radical (unpaired) electrons. The molecule has 0 heterocycles. The van der Waals surface area contributed by atoms with Crippen LogP contribution in [0.25, 0.3) is 0 Å². The zero-order chi connectivity index (χ0) is 57.1. The van der Waals surface area contributed by atoms with E-state index < -0.39 is 12.1 Å². The zero-order valence-corrected chi connectivity index (χ0v) is 51.3. The molecule has 0 rings (SSSR count). The lowest BCUT2D eigenvalue weighted by Gasteiger charge is -2.18. The Hall–Kier alpha value is -4.45. The molecule has 0 saturated heterocycles. The van der Waals surface area contributed by atoms with Crippen LogP contribution in [0.15, 0.2) is 134 Å². The van der Waals surface area contributed by atoms with Crippen molar-refractivity contribution in [1.82, 2.24) is 0 Å². The quantitative estimate of drug-likeness (QED) is 0.0261. The van der Waals surface area contributed by atoms with Crippen molar-refractivity contribution in [2.75, 3.05) is 13.2 Å². The van der Waals surface area contributed by atoms with Gasteiger partial charge in [0.25, 0.3) is 0 Å². The second-order valence-electron chi connectivity index (χ2n) is 21.3. The summed E-state index contributed by atoms with van der Waals surface area (Å²) in [6.45, 7) is 6.32. The lowest BCUT2D eigenvalue weighted by molar-refractivity contribution is -0.166. The maximum atomic E-state index is 12.9. The summed E-state index contributed by atoms with van der Waals surface area (Å²) in [5, 5.41) is 0. The van der Waals surface area contributed by atoms with Crippen LogP contribution in [0.4, 0.5) is 0 Å². The first kappa shape index (κ1) is 74.5. The van der Waals surface area contributed by atoms with Crippen molar-refractivity contribution in [1.29, 1.82) is 0 Å². The van der Waals surface area contributed by atoms with Crippen molar-refractivity contribution in [2.24, 2.45) is 0 Å². The molecule has 0 N–H and O–H groups in total. The molecular formula is C73H120O6. The van der Waals surface area contributed by atoms with Gasteiger partial charge in [0.2, 0.25) is 0 Å². The number of esters is 3. The summed E-state index contributed by atoms with van der Waals surface area (Å²) < 4.78 is 16.8. The van der Waals surface area contributed by atoms with Crippen LogP contribution in [0.2, 0.25) is 0 Å². The third kappa shape index (κ3) is 64.3. The van der Waals surface area contributed by atoms with E-state index in [-0.39, 0.29) is 38.0 Å². The maximum absolute atomic E-state index is 12.9. The van der Waals surface area contributed by atoms with Gasteiger partial charge in [0.1, 0.15) is 13.2 Å². The summed E-state index contributed by atoms with van der Waals surface area (Å²) >= 11 is 0. The van der Waals surface area contributed by atoms with Gasteiger partial charge in [-0.3, -0.25) is 14.4 Å². The van der Waals surface area contributed by atoms with E-state index in [1.165, 1.54) is 141 Å². The first-order valence-electron chi connectivity index (χ1n) is 32.7. The minimum atomic E-state index is -0.847. The van der Waals surface area contributed by atoms with E-state index in [0.717, 1.165) is 96.3 Å². The third-order valence-corrected chi connectivity index (χ3v) is 13.7. The summed E-state index contributed by atoms with van der Waals surface area (Å²) in [6, 6.07) is 0. The number of ether oxygens (including phenoxy) is 3. The van der Waals surface area contributed by atoms with E-state index in [9.17, 15) is 14.4 Å². The molecule has 0 aromatic heterocycles. The molecule has 0 fully saturated rings. The largest absolute Gasteiger partial charge is 0.462 e. The summed E-state index contributed by atoms with van der Waals surface area (Å²) in [4.78, 5) is 38.3. The standard InChI is InChI=1S/C73H120O6/c1-4-7-10-13-16-19-22-25-28-31-33-34-35-36-37-38-40-42-45-48-51-54-57-60-63-66-72(75)78-69-70(68-77-71(74)65-62-59-56-53-50-47-44-41-30-27-24-21-18-15-12-9-6-3)79-73(76)67-64-61-58-55-52-49-46-43-39-32-29-26-23-20-17-14-11-8-5-2/h8-9,11-12,17-18,20-21,26-27,29-30,39,43-44,47,49,52-53,56,58,61,70H,4-7,10,13-16,19,22-25,28,31-38,40-42,45-46,48,50-51,54-55,57,59-60,62-69H2,1-3H3/b11-8-,12-9-,20-17-,21-18-,29-26-,30-27-,43-39-,47-44-,52-49-,56-53-,61-58-. The molecule has 6 nitrogen and oxygen atoms in total. The second kappa shape index (κ2) is 66.1. The first-order chi connectivity index (χ1) is 39.0. The van der Waals surface area contributed by atoms with Crippen molar-refractivity contribution in [3.05, 3.63) is 134 Å². The summed E-state index contributed by atoms with van der Waals surface area (Å²) in [5.74, 6) is -1.07. The average Bonchev–Trinajstić information content (AvgIpc) is 3.45. The molecule has 0 aromatic carbocycles. The Morgan fingerprint density at radius 3 is 0.823 bits per heavy atom. The van der Waals surface area contributed by atoms with Gasteiger partial charge >= 0.3 is 17.9 Å². The van der Waals surface area contributed by atoms with Gasteiger partial charge in [0, 0.05) is 19.3 Å². The minimum absolute atomic E-state index is 0.128. The predicted molar refractivity (Wildman–Crippen MR) is 343 cm³/mol. The SMILES string of the molecule is CC/C=C\C/C=C\C/C=C\C/C=C\C/C=C\C/C=C\CCC(=O)OC(COC(=O)CCC/C=C\C/C=C\C/C=C\C/C=C\C/C=C\CC)COC(=O)CCCCCCCCCCCCCCCCCCCCCCCCCCC. The van der Waals surface area contributed by atoms with Gasteiger partial charge in [-0.2, -0.15) is 0 Å². The van der Waals surface area contributed by atoms with Gasteiger partial charge < -0.3 is 14.2 Å². The van der Waals surface area contributed by atoms with Gasteiger partial charge in [0.15, 0.2) is 6.10 Å². The molecule has 79 heavy (non-hydrogen) atoms. The van der Waals surface area contributed by atoms with Crippen LogP contribution in [0.3, 0.4) is 0 Å². The smallest absolute Gasteiger partial charge is 0.306 e. The zero-order valence-electron chi connectivity index (χ0n) is 51.3.